The van der Waals surface area contributed by atoms with Gasteiger partial charge in [-0.25, -0.2) is 0 Å². The molecule has 2 atom stereocenters. The SMILES string of the molecule is CC(c1ccccc1)N1CC[C@H](N2CCC(c3ccc(O)cc3)CC2)C1=O. The molecule has 27 heavy (non-hydrogen) atoms. The Morgan fingerprint density at radius 3 is 2.26 bits per heavy atom. The van der Waals surface area contributed by atoms with Crippen molar-refractivity contribution in [2.75, 3.05) is 19.6 Å². The number of piperidine rings is 1. The molecule has 0 bridgehead atoms. The molecule has 2 fully saturated rings. The molecule has 0 saturated carbocycles. The Hall–Kier alpha value is -2.33. The Kier molecular flexibility index (Phi) is 5.17. The van der Waals surface area contributed by atoms with E-state index < -0.39 is 0 Å². The van der Waals surface area contributed by atoms with Crippen LogP contribution in [0.5, 0.6) is 5.75 Å². The minimum Gasteiger partial charge on any atom is -0.508 e. The fourth-order valence-electron chi connectivity index (χ4n) is 4.61. The number of benzene rings is 2. The topological polar surface area (TPSA) is 43.8 Å². The van der Waals surface area contributed by atoms with Crippen LogP contribution in [0.3, 0.4) is 0 Å². The molecular formula is C23H28N2O2. The lowest BCUT2D eigenvalue weighted by atomic mass is 9.89. The molecule has 2 heterocycles. The van der Waals surface area contributed by atoms with Crippen LogP contribution in [0.1, 0.15) is 49.3 Å². The van der Waals surface area contributed by atoms with E-state index in [1.807, 2.05) is 35.2 Å². The van der Waals surface area contributed by atoms with Gasteiger partial charge in [0.25, 0.3) is 0 Å². The minimum atomic E-state index is 0.0388. The van der Waals surface area contributed by atoms with Gasteiger partial charge in [0, 0.05) is 6.54 Å². The molecule has 1 amide bonds. The van der Waals surface area contributed by atoms with E-state index in [4.69, 9.17) is 0 Å². The van der Waals surface area contributed by atoms with Gasteiger partial charge in [0.2, 0.25) is 5.91 Å². The van der Waals surface area contributed by atoms with Crippen molar-refractivity contribution in [3.8, 4) is 5.75 Å². The number of amides is 1. The zero-order valence-corrected chi connectivity index (χ0v) is 15.9. The van der Waals surface area contributed by atoms with Gasteiger partial charge >= 0.3 is 0 Å². The molecule has 1 N–H and O–H groups in total. The average molecular weight is 364 g/mol. The number of carbonyl (C=O) groups excluding carboxylic acids is 1. The second-order valence-electron chi connectivity index (χ2n) is 7.82. The Bertz CT molecular complexity index is 767. The van der Waals surface area contributed by atoms with Crippen molar-refractivity contribution in [2.45, 2.75) is 44.2 Å². The molecule has 0 aromatic heterocycles. The van der Waals surface area contributed by atoms with Crippen LogP contribution >= 0.6 is 0 Å². The Morgan fingerprint density at radius 1 is 0.926 bits per heavy atom. The van der Waals surface area contributed by atoms with E-state index in [2.05, 4.69) is 24.0 Å². The van der Waals surface area contributed by atoms with Gasteiger partial charge in [-0.15, -0.1) is 0 Å². The van der Waals surface area contributed by atoms with Crippen molar-refractivity contribution in [1.82, 2.24) is 9.80 Å². The van der Waals surface area contributed by atoms with Crippen molar-refractivity contribution < 1.29 is 9.90 Å². The highest BCUT2D eigenvalue weighted by atomic mass is 16.3. The number of aromatic hydroxyl groups is 1. The molecule has 0 aliphatic carbocycles. The van der Waals surface area contributed by atoms with Crippen LogP contribution in [0, 0.1) is 0 Å². The molecule has 2 aromatic carbocycles. The number of hydrogen-bond acceptors (Lipinski definition) is 3. The Morgan fingerprint density at radius 2 is 1.59 bits per heavy atom. The summed E-state index contributed by atoms with van der Waals surface area (Å²) in [5.41, 5.74) is 2.50. The summed E-state index contributed by atoms with van der Waals surface area (Å²) in [7, 11) is 0. The molecule has 4 rings (SSSR count). The van der Waals surface area contributed by atoms with E-state index in [0.717, 1.165) is 38.9 Å². The fourth-order valence-corrected chi connectivity index (χ4v) is 4.61. The summed E-state index contributed by atoms with van der Waals surface area (Å²) in [5, 5.41) is 9.47. The summed E-state index contributed by atoms with van der Waals surface area (Å²) in [6, 6.07) is 18.1. The number of phenolic OH excluding ortho intramolecular Hbond substituents is 1. The third-order valence-corrected chi connectivity index (χ3v) is 6.30. The zero-order valence-electron chi connectivity index (χ0n) is 15.9. The molecule has 2 aliphatic heterocycles. The number of hydrogen-bond donors (Lipinski definition) is 1. The van der Waals surface area contributed by atoms with Crippen LogP contribution in [0.25, 0.3) is 0 Å². The minimum absolute atomic E-state index is 0.0388. The molecule has 0 radical (unpaired) electrons. The summed E-state index contributed by atoms with van der Waals surface area (Å²) >= 11 is 0. The molecule has 4 heteroatoms. The summed E-state index contributed by atoms with van der Waals surface area (Å²) in [4.78, 5) is 17.5. The average Bonchev–Trinajstić information content (AvgIpc) is 3.10. The lowest BCUT2D eigenvalue weighted by molar-refractivity contribution is -0.134. The fraction of sp³-hybridized carbons (Fsp3) is 0.435. The number of likely N-dealkylation sites (tertiary alicyclic amines) is 2. The van der Waals surface area contributed by atoms with Crippen LogP contribution in [-0.2, 0) is 4.79 Å². The number of nitrogens with zero attached hydrogens (tertiary/aromatic N) is 2. The van der Waals surface area contributed by atoms with Gasteiger partial charge in [0.05, 0.1) is 12.1 Å². The highest BCUT2D eigenvalue weighted by Gasteiger charge is 2.39. The molecule has 2 aliphatic rings. The molecule has 1 unspecified atom stereocenters. The van der Waals surface area contributed by atoms with Gasteiger partial charge < -0.3 is 10.0 Å². The maximum atomic E-state index is 13.1. The zero-order chi connectivity index (χ0) is 18.8. The maximum absolute atomic E-state index is 13.1. The van der Waals surface area contributed by atoms with E-state index in [1.165, 1.54) is 11.1 Å². The Balaban J connectivity index is 1.36. The van der Waals surface area contributed by atoms with Gasteiger partial charge in [-0.05, 0) is 68.5 Å². The standard InChI is InChI=1S/C23H28N2O2/c1-17(18-5-3-2-4-6-18)25-16-13-22(23(25)27)24-14-11-20(12-15-24)19-7-9-21(26)10-8-19/h2-10,17,20,22,26H,11-16H2,1H3/t17?,22-/m0/s1. The van der Waals surface area contributed by atoms with E-state index in [1.54, 1.807) is 12.1 Å². The quantitative estimate of drug-likeness (QED) is 0.894. The van der Waals surface area contributed by atoms with E-state index >= 15 is 0 Å². The van der Waals surface area contributed by atoms with Gasteiger partial charge in [-0.3, -0.25) is 9.69 Å². The lowest BCUT2D eigenvalue weighted by Crippen LogP contribution is -2.45. The van der Waals surface area contributed by atoms with E-state index in [-0.39, 0.29) is 18.0 Å². The summed E-state index contributed by atoms with van der Waals surface area (Å²) in [6.45, 7) is 4.91. The molecular weight excluding hydrogens is 336 g/mol. The lowest BCUT2D eigenvalue weighted by Gasteiger charge is -2.35. The molecule has 0 spiro atoms. The van der Waals surface area contributed by atoms with Crippen LogP contribution in [0.2, 0.25) is 0 Å². The highest BCUT2D eigenvalue weighted by molar-refractivity contribution is 5.84. The van der Waals surface area contributed by atoms with Crippen LogP contribution in [0.15, 0.2) is 54.6 Å². The van der Waals surface area contributed by atoms with Gasteiger partial charge in [-0.2, -0.15) is 0 Å². The van der Waals surface area contributed by atoms with Crippen molar-refractivity contribution in [1.29, 1.82) is 0 Å². The normalized spacial score (nSPS) is 22.9. The molecule has 2 saturated heterocycles. The first-order chi connectivity index (χ1) is 13.1. The van der Waals surface area contributed by atoms with Crippen molar-refractivity contribution in [3.05, 3.63) is 65.7 Å². The number of phenols is 1. The van der Waals surface area contributed by atoms with Crippen LogP contribution in [0.4, 0.5) is 0 Å². The summed E-state index contributed by atoms with van der Waals surface area (Å²) < 4.78 is 0. The second-order valence-corrected chi connectivity index (χ2v) is 7.82. The molecule has 142 valence electrons. The van der Waals surface area contributed by atoms with E-state index in [9.17, 15) is 9.90 Å². The highest BCUT2D eigenvalue weighted by Crippen LogP contribution is 2.33. The third-order valence-electron chi connectivity index (χ3n) is 6.30. The van der Waals surface area contributed by atoms with Crippen molar-refractivity contribution in [2.24, 2.45) is 0 Å². The maximum Gasteiger partial charge on any atom is 0.240 e. The Labute approximate surface area is 161 Å². The summed E-state index contributed by atoms with van der Waals surface area (Å²) in [5.74, 6) is 1.13. The molecule has 4 nitrogen and oxygen atoms in total. The monoisotopic (exact) mass is 364 g/mol. The van der Waals surface area contributed by atoms with Gasteiger partial charge in [0.15, 0.2) is 0 Å². The van der Waals surface area contributed by atoms with Crippen molar-refractivity contribution >= 4 is 5.91 Å². The largest absolute Gasteiger partial charge is 0.508 e. The number of carbonyl (C=O) groups is 1. The molecule has 2 aromatic rings. The predicted octanol–water partition coefficient (Wildman–Crippen LogP) is 3.93. The summed E-state index contributed by atoms with van der Waals surface area (Å²) in [6.07, 6.45) is 3.07. The van der Waals surface area contributed by atoms with Crippen molar-refractivity contribution in [3.63, 3.8) is 0 Å². The second kappa shape index (κ2) is 7.73. The van der Waals surface area contributed by atoms with Gasteiger partial charge in [-0.1, -0.05) is 42.5 Å². The third kappa shape index (κ3) is 3.72. The number of rotatable bonds is 4. The van der Waals surface area contributed by atoms with Gasteiger partial charge in [0.1, 0.15) is 5.75 Å². The first-order valence-corrected chi connectivity index (χ1v) is 10.0. The smallest absolute Gasteiger partial charge is 0.240 e. The first kappa shape index (κ1) is 18.1. The van der Waals surface area contributed by atoms with Crippen LogP contribution in [-0.4, -0.2) is 46.5 Å². The predicted molar refractivity (Wildman–Crippen MR) is 107 cm³/mol. The first-order valence-electron chi connectivity index (χ1n) is 10.0. The van der Waals surface area contributed by atoms with Crippen LogP contribution < -0.4 is 0 Å². The van der Waals surface area contributed by atoms with E-state index in [0.29, 0.717) is 11.7 Å².